The summed E-state index contributed by atoms with van der Waals surface area (Å²) in [6.45, 7) is 1.71. The van der Waals surface area contributed by atoms with E-state index in [0.29, 0.717) is 23.7 Å². The summed E-state index contributed by atoms with van der Waals surface area (Å²) in [6.07, 6.45) is 7.30. The van der Waals surface area contributed by atoms with E-state index in [-0.39, 0.29) is 6.04 Å². The van der Waals surface area contributed by atoms with Crippen molar-refractivity contribution in [1.82, 2.24) is 4.90 Å². The number of nitrogens with zero attached hydrogens (tertiary/aromatic N) is 1. The molecule has 4 rings (SSSR count). The van der Waals surface area contributed by atoms with E-state index < -0.39 is 0 Å². The first-order chi connectivity index (χ1) is 12.7. The molecule has 1 amide bonds. The van der Waals surface area contributed by atoms with Crippen LogP contribution in [0.2, 0.25) is 0 Å². The van der Waals surface area contributed by atoms with Gasteiger partial charge in [-0.1, -0.05) is 12.8 Å². The standard InChI is InChI=1S/C21H30N2O3/c1-25-16-10-15(11-17(12-16)26-2)22-14-6-5-9-23(13-14)21(24)20-18-7-3-4-8-19(18)20/h10-12,14,18-20,22H,3-9,13H2,1-2H3/t14-,18-,19-/m1/s1. The van der Waals surface area contributed by atoms with Gasteiger partial charge in [0.25, 0.3) is 0 Å². The summed E-state index contributed by atoms with van der Waals surface area (Å²) in [5.74, 6) is 3.67. The number of ether oxygens (including phenoxy) is 2. The number of rotatable bonds is 5. The van der Waals surface area contributed by atoms with Gasteiger partial charge in [-0.25, -0.2) is 0 Å². The van der Waals surface area contributed by atoms with Crippen LogP contribution in [0.1, 0.15) is 38.5 Å². The van der Waals surface area contributed by atoms with Crippen molar-refractivity contribution >= 4 is 11.6 Å². The fourth-order valence-electron chi connectivity index (χ4n) is 4.99. The zero-order valence-corrected chi connectivity index (χ0v) is 15.9. The summed E-state index contributed by atoms with van der Waals surface area (Å²) in [5, 5.41) is 3.58. The molecule has 1 aromatic rings. The van der Waals surface area contributed by atoms with Crippen LogP contribution in [-0.4, -0.2) is 44.2 Å². The van der Waals surface area contributed by atoms with Crippen LogP contribution in [0.3, 0.4) is 0 Å². The number of carbonyl (C=O) groups is 1. The fourth-order valence-corrected chi connectivity index (χ4v) is 4.99. The third kappa shape index (κ3) is 3.49. The van der Waals surface area contributed by atoms with Crippen molar-refractivity contribution in [2.75, 3.05) is 32.6 Å². The van der Waals surface area contributed by atoms with Crippen LogP contribution in [-0.2, 0) is 4.79 Å². The first-order valence-corrected chi connectivity index (χ1v) is 9.98. The molecule has 0 aromatic heterocycles. The highest BCUT2D eigenvalue weighted by molar-refractivity contribution is 5.82. The van der Waals surface area contributed by atoms with E-state index in [1.807, 2.05) is 18.2 Å². The molecule has 26 heavy (non-hydrogen) atoms. The average Bonchev–Trinajstić information content (AvgIpc) is 3.41. The highest BCUT2D eigenvalue weighted by Crippen LogP contribution is 2.56. The van der Waals surface area contributed by atoms with E-state index in [1.54, 1.807) is 14.2 Å². The lowest BCUT2D eigenvalue weighted by atomic mass is 10.0. The molecule has 2 saturated carbocycles. The van der Waals surface area contributed by atoms with E-state index in [1.165, 1.54) is 25.7 Å². The summed E-state index contributed by atoms with van der Waals surface area (Å²) in [5.41, 5.74) is 0.987. The van der Waals surface area contributed by atoms with Crippen LogP contribution in [0.4, 0.5) is 5.69 Å². The number of fused-ring (bicyclic) bond motifs is 1. The zero-order valence-electron chi connectivity index (χ0n) is 15.9. The first-order valence-electron chi connectivity index (χ1n) is 9.98. The Labute approximate surface area is 156 Å². The van der Waals surface area contributed by atoms with Crippen LogP contribution in [0.25, 0.3) is 0 Å². The summed E-state index contributed by atoms with van der Waals surface area (Å²) in [7, 11) is 3.32. The van der Waals surface area contributed by atoms with Crippen LogP contribution >= 0.6 is 0 Å². The Morgan fingerprint density at radius 1 is 1.00 bits per heavy atom. The predicted molar refractivity (Wildman–Crippen MR) is 102 cm³/mol. The molecular formula is C21H30N2O3. The lowest BCUT2D eigenvalue weighted by molar-refractivity contribution is -0.134. The van der Waals surface area contributed by atoms with Crippen LogP contribution in [0.5, 0.6) is 11.5 Å². The van der Waals surface area contributed by atoms with E-state index in [9.17, 15) is 4.79 Å². The molecule has 2 aliphatic carbocycles. The third-order valence-corrected chi connectivity index (χ3v) is 6.40. The van der Waals surface area contributed by atoms with Crippen molar-refractivity contribution in [1.29, 1.82) is 0 Å². The topological polar surface area (TPSA) is 50.8 Å². The Hall–Kier alpha value is -1.91. The molecule has 1 heterocycles. The van der Waals surface area contributed by atoms with Gasteiger partial charge in [-0.15, -0.1) is 0 Å². The lowest BCUT2D eigenvalue weighted by Gasteiger charge is -2.34. The maximum atomic E-state index is 13.0. The summed E-state index contributed by atoms with van der Waals surface area (Å²) in [4.78, 5) is 15.1. The number of methoxy groups -OCH3 is 2. The Bertz CT molecular complexity index is 628. The zero-order chi connectivity index (χ0) is 18.1. The molecule has 1 aromatic carbocycles. The van der Waals surface area contributed by atoms with Crippen molar-refractivity contribution in [2.45, 2.75) is 44.6 Å². The third-order valence-electron chi connectivity index (χ3n) is 6.40. The highest BCUT2D eigenvalue weighted by atomic mass is 16.5. The Morgan fingerprint density at radius 2 is 1.65 bits per heavy atom. The number of nitrogens with one attached hydrogen (secondary N) is 1. The first kappa shape index (κ1) is 17.5. The van der Waals surface area contributed by atoms with Crippen molar-refractivity contribution in [3.05, 3.63) is 18.2 Å². The number of anilines is 1. The maximum absolute atomic E-state index is 13.0. The molecule has 1 aliphatic heterocycles. The maximum Gasteiger partial charge on any atom is 0.226 e. The van der Waals surface area contributed by atoms with Crippen molar-refractivity contribution in [2.24, 2.45) is 17.8 Å². The Morgan fingerprint density at radius 3 is 2.27 bits per heavy atom. The fraction of sp³-hybridized carbons (Fsp3) is 0.667. The molecule has 0 bridgehead atoms. The lowest BCUT2D eigenvalue weighted by Crippen LogP contribution is -2.46. The highest BCUT2D eigenvalue weighted by Gasteiger charge is 2.55. The minimum absolute atomic E-state index is 0.283. The number of benzene rings is 1. The van der Waals surface area contributed by atoms with Gasteiger partial charge >= 0.3 is 0 Å². The van der Waals surface area contributed by atoms with Crippen LogP contribution in [0, 0.1) is 17.8 Å². The van der Waals surface area contributed by atoms with Gasteiger partial charge in [-0.2, -0.15) is 0 Å². The molecule has 1 saturated heterocycles. The number of hydrogen-bond donors (Lipinski definition) is 1. The Kier molecular flexibility index (Phi) is 4.96. The molecule has 1 N–H and O–H groups in total. The van der Waals surface area contributed by atoms with E-state index in [4.69, 9.17) is 9.47 Å². The van der Waals surface area contributed by atoms with Crippen molar-refractivity contribution in [3.63, 3.8) is 0 Å². The molecule has 0 unspecified atom stereocenters. The second kappa shape index (κ2) is 7.37. The van der Waals surface area contributed by atoms with Gasteiger partial charge in [-0.05, 0) is 37.5 Å². The summed E-state index contributed by atoms with van der Waals surface area (Å²) in [6, 6.07) is 6.12. The molecule has 0 radical (unpaired) electrons. The minimum Gasteiger partial charge on any atom is -0.497 e. The van der Waals surface area contributed by atoms with Crippen molar-refractivity contribution < 1.29 is 14.3 Å². The minimum atomic E-state index is 0.283. The molecule has 142 valence electrons. The molecule has 5 nitrogen and oxygen atoms in total. The van der Waals surface area contributed by atoms with Gasteiger partial charge in [-0.3, -0.25) is 4.79 Å². The predicted octanol–water partition coefficient (Wildman–Crippen LogP) is 3.54. The summed E-state index contributed by atoms with van der Waals surface area (Å²) < 4.78 is 10.7. The Balaban J connectivity index is 1.39. The van der Waals surface area contributed by atoms with E-state index in [0.717, 1.165) is 43.1 Å². The number of hydrogen-bond acceptors (Lipinski definition) is 4. The molecule has 3 atom stereocenters. The molecule has 0 spiro atoms. The molecule has 5 heteroatoms. The summed E-state index contributed by atoms with van der Waals surface area (Å²) >= 11 is 0. The average molecular weight is 358 g/mol. The van der Waals surface area contributed by atoms with Gasteiger partial charge in [0.15, 0.2) is 0 Å². The monoisotopic (exact) mass is 358 g/mol. The largest absolute Gasteiger partial charge is 0.497 e. The second-order valence-electron chi connectivity index (χ2n) is 8.01. The molecule has 3 aliphatic rings. The van der Waals surface area contributed by atoms with Gasteiger partial charge in [0.2, 0.25) is 5.91 Å². The van der Waals surface area contributed by atoms with Crippen LogP contribution in [0.15, 0.2) is 18.2 Å². The number of piperidine rings is 1. The second-order valence-corrected chi connectivity index (χ2v) is 8.01. The quantitative estimate of drug-likeness (QED) is 0.875. The van der Waals surface area contributed by atoms with Crippen LogP contribution < -0.4 is 14.8 Å². The number of amides is 1. The smallest absolute Gasteiger partial charge is 0.226 e. The van der Waals surface area contributed by atoms with Gasteiger partial charge in [0, 0.05) is 48.9 Å². The number of carbonyl (C=O) groups excluding carboxylic acids is 1. The SMILES string of the molecule is COc1cc(N[C@@H]2CCCN(C(=O)C3[C@@H]4CCCC[C@@H]34)C2)cc(OC)c1. The van der Waals surface area contributed by atoms with Gasteiger partial charge < -0.3 is 19.7 Å². The van der Waals surface area contributed by atoms with Crippen molar-refractivity contribution in [3.8, 4) is 11.5 Å². The van der Waals surface area contributed by atoms with E-state index >= 15 is 0 Å². The molecule has 3 fully saturated rings. The van der Waals surface area contributed by atoms with E-state index in [2.05, 4.69) is 10.2 Å². The number of likely N-dealkylation sites (tertiary alicyclic amines) is 1. The molecular weight excluding hydrogens is 328 g/mol. The van der Waals surface area contributed by atoms with Gasteiger partial charge in [0.1, 0.15) is 11.5 Å². The normalized spacial score (nSPS) is 30.3. The van der Waals surface area contributed by atoms with Gasteiger partial charge in [0.05, 0.1) is 14.2 Å².